The average Bonchev–Trinajstić information content (AvgIpc) is 2.64. The molecule has 2 aromatic rings. The summed E-state index contributed by atoms with van der Waals surface area (Å²) in [6.07, 6.45) is 1.25. The first-order valence-corrected chi connectivity index (χ1v) is 9.00. The Morgan fingerprint density at radius 2 is 1.85 bits per heavy atom. The summed E-state index contributed by atoms with van der Waals surface area (Å²) in [4.78, 5) is 14.4. The van der Waals surface area contributed by atoms with Crippen molar-refractivity contribution in [3.05, 3.63) is 64.7 Å². The van der Waals surface area contributed by atoms with E-state index in [1.807, 2.05) is 42.2 Å². The zero-order valence-corrected chi connectivity index (χ0v) is 15.8. The largest absolute Gasteiger partial charge is 0.493 e. The molecule has 2 aromatic carbocycles. The van der Waals surface area contributed by atoms with Crippen LogP contribution in [0.25, 0.3) is 0 Å². The fourth-order valence-corrected chi connectivity index (χ4v) is 2.68. The molecule has 2 rings (SSSR count). The number of carbonyl (C=O) groups is 1. The molecule has 0 radical (unpaired) electrons. The van der Waals surface area contributed by atoms with Gasteiger partial charge in [-0.2, -0.15) is 5.26 Å². The van der Waals surface area contributed by atoms with Crippen LogP contribution in [0.4, 0.5) is 0 Å². The fourth-order valence-electron chi connectivity index (χ4n) is 2.68. The lowest BCUT2D eigenvalue weighted by Gasteiger charge is -2.22. The van der Waals surface area contributed by atoms with Gasteiger partial charge in [-0.3, -0.25) is 4.79 Å². The molecule has 26 heavy (non-hydrogen) atoms. The third kappa shape index (κ3) is 5.63. The first kappa shape index (κ1) is 19.5. The molecular weight excluding hydrogens is 324 g/mol. The Balaban J connectivity index is 1.90. The van der Waals surface area contributed by atoms with Crippen LogP contribution in [0.15, 0.2) is 42.5 Å². The standard InChI is InChI=1S/C22H26N2O2/c1-4-12-24(16-20-8-6-19(15-23)7-9-20)22(25)11-13-26-21-10-5-17(2)18(3)14-21/h5-10,14H,4,11-13,16H2,1-3H3. The highest BCUT2D eigenvalue weighted by Crippen LogP contribution is 2.17. The minimum absolute atomic E-state index is 0.0834. The number of aryl methyl sites for hydroxylation is 2. The Morgan fingerprint density at radius 3 is 2.46 bits per heavy atom. The molecule has 0 atom stereocenters. The Hall–Kier alpha value is -2.80. The molecule has 0 spiro atoms. The van der Waals surface area contributed by atoms with E-state index in [4.69, 9.17) is 10.00 Å². The van der Waals surface area contributed by atoms with Crippen molar-refractivity contribution in [2.45, 2.75) is 40.2 Å². The van der Waals surface area contributed by atoms with Crippen molar-refractivity contribution in [2.24, 2.45) is 0 Å². The Morgan fingerprint density at radius 1 is 1.12 bits per heavy atom. The van der Waals surface area contributed by atoms with E-state index in [1.54, 1.807) is 12.1 Å². The van der Waals surface area contributed by atoms with Crippen molar-refractivity contribution >= 4 is 5.91 Å². The van der Waals surface area contributed by atoms with Crippen molar-refractivity contribution in [3.8, 4) is 11.8 Å². The lowest BCUT2D eigenvalue weighted by Crippen LogP contribution is -2.32. The number of ether oxygens (including phenoxy) is 1. The third-order valence-electron chi connectivity index (χ3n) is 4.37. The smallest absolute Gasteiger partial charge is 0.226 e. The lowest BCUT2D eigenvalue weighted by atomic mass is 10.1. The Bertz CT molecular complexity index is 776. The van der Waals surface area contributed by atoms with Crippen LogP contribution in [0.5, 0.6) is 5.75 Å². The molecular formula is C22H26N2O2. The van der Waals surface area contributed by atoms with E-state index in [0.717, 1.165) is 17.7 Å². The van der Waals surface area contributed by atoms with Gasteiger partial charge in [-0.05, 0) is 61.2 Å². The van der Waals surface area contributed by atoms with Crippen molar-refractivity contribution in [2.75, 3.05) is 13.2 Å². The molecule has 0 unspecified atom stereocenters. The molecule has 4 heteroatoms. The van der Waals surface area contributed by atoms with Crippen LogP contribution in [0, 0.1) is 25.2 Å². The second kappa shape index (κ2) is 9.62. The van der Waals surface area contributed by atoms with E-state index < -0.39 is 0 Å². The predicted molar refractivity (Wildman–Crippen MR) is 103 cm³/mol. The molecule has 4 nitrogen and oxygen atoms in total. The van der Waals surface area contributed by atoms with Crippen molar-refractivity contribution in [3.63, 3.8) is 0 Å². The lowest BCUT2D eigenvalue weighted by molar-refractivity contribution is -0.132. The van der Waals surface area contributed by atoms with Gasteiger partial charge in [0.15, 0.2) is 0 Å². The number of nitriles is 1. The van der Waals surface area contributed by atoms with E-state index >= 15 is 0 Å². The SMILES string of the molecule is CCCN(Cc1ccc(C#N)cc1)C(=O)CCOc1ccc(C)c(C)c1. The highest BCUT2D eigenvalue weighted by molar-refractivity contribution is 5.76. The zero-order chi connectivity index (χ0) is 18.9. The van der Waals surface area contributed by atoms with E-state index in [0.29, 0.717) is 31.7 Å². The summed E-state index contributed by atoms with van der Waals surface area (Å²) in [5.74, 6) is 0.884. The minimum Gasteiger partial charge on any atom is -0.493 e. The normalized spacial score (nSPS) is 10.2. The highest BCUT2D eigenvalue weighted by Gasteiger charge is 2.13. The summed E-state index contributed by atoms with van der Waals surface area (Å²) < 4.78 is 5.74. The maximum absolute atomic E-state index is 12.6. The summed E-state index contributed by atoms with van der Waals surface area (Å²) >= 11 is 0. The molecule has 0 aliphatic carbocycles. The second-order valence-corrected chi connectivity index (χ2v) is 6.47. The van der Waals surface area contributed by atoms with Gasteiger partial charge in [0.25, 0.3) is 0 Å². The minimum atomic E-state index is 0.0834. The first-order chi connectivity index (χ1) is 12.5. The monoisotopic (exact) mass is 350 g/mol. The van der Waals surface area contributed by atoms with Gasteiger partial charge in [0.1, 0.15) is 5.75 Å². The number of nitrogens with zero attached hydrogens (tertiary/aromatic N) is 2. The number of rotatable bonds is 8. The number of benzene rings is 2. The van der Waals surface area contributed by atoms with Crippen molar-refractivity contribution in [1.82, 2.24) is 4.90 Å². The Labute approximate surface area is 156 Å². The van der Waals surface area contributed by atoms with Crippen LogP contribution < -0.4 is 4.74 Å². The molecule has 0 aliphatic heterocycles. The zero-order valence-electron chi connectivity index (χ0n) is 15.8. The topological polar surface area (TPSA) is 53.3 Å². The first-order valence-electron chi connectivity index (χ1n) is 9.00. The number of hydrogen-bond acceptors (Lipinski definition) is 3. The summed E-state index contributed by atoms with van der Waals surface area (Å²) in [6, 6.07) is 15.5. The molecule has 0 heterocycles. The van der Waals surface area contributed by atoms with Gasteiger partial charge in [0, 0.05) is 13.1 Å². The van der Waals surface area contributed by atoms with Gasteiger partial charge in [-0.1, -0.05) is 25.1 Å². The predicted octanol–water partition coefficient (Wildman–Crippen LogP) is 4.38. The van der Waals surface area contributed by atoms with Gasteiger partial charge in [-0.25, -0.2) is 0 Å². The molecule has 0 bridgehead atoms. The molecule has 0 N–H and O–H groups in total. The van der Waals surface area contributed by atoms with E-state index in [1.165, 1.54) is 11.1 Å². The fraction of sp³-hybridized carbons (Fsp3) is 0.364. The van der Waals surface area contributed by atoms with Crippen LogP contribution in [0.3, 0.4) is 0 Å². The number of amides is 1. The summed E-state index contributed by atoms with van der Waals surface area (Å²) in [7, 11) is 0. The number of hydrogen-bond donors (Lipinski definition) is 0. The average molecular weight is 350 g/mol. The van der Waals surface area contributed by atoms with Gasteiger partial charge in [0.2, 0.25) is 5.91 Å². The van der Waals surface area contributed by atoms with Gasteiger partial charge in [-0.15, -0.1) is 0 Å². The van der Waals surface area contributed by atoms with E-state index in [9.17, 15) is 4.79 Å². The maximum atomic E-state index is 12.6. The molecule has 0 aliphatic rings. The summed E-state index contributed by atoms with van der Waals surface area (Å²) in [6.45, 7) is 7.81. The van der Waals surface area contributed by atoms with Crippen LogP contribution in [-0.2, 0) is 11.3 Å². The van der Waals surface area contributed by atoms with Gasteiger partial charge < -0.3 is 9.64 Å². The van der Waals surface area contributed by atoms with Crippen LogP contribution in [0.1, 0.15) is 42.0 Å². The molecule has 0 saturated carbocycles. The maximum Gasteiger partial charge on any atom is 0.226 e. The molecule has 0 fully saturated rings. The van der Waals surface area contributed by atoms with E-state index in [-0.39, 0.29) is 5.91 Å². The van der Waals surface area contributed by atoms with Gasteiger partial charge in [0.05, 0.1) is 24.7 Å². The van der Waals surface area contributed by atoms with Crippen molar-refractivity contribution in [1.29, 1.82) is 5.26 Å². The molecule has 1 amide bonds. The quantitative estimate of drug-likeness (QED) is 0.710. The van der Waals surface area contributed by atoms with Crippen LogP contribution in [-0.4, -0.2) is 24.0 Å². The summed E-state index contributed by atoms with van der Waals surface area (Å²) in [5, 5.41) is 8.88. The van der Waals surface area contributed by atoms with E-state index in [2.05, 4.69) is 19.9 Å². The Kier molecular flexibility index (Phi) is 7.23. The van der Waals surface area contributed by atoms with Crippen LogP contribution >= 0.6 is 0 Å². The summed E-state index contributed by atoms with van der Waals surface area (Å²) in [5.41, 5.74) is 4.07. The van der Waals surface area contributed by atoms with Gasteiger partial charge >= 0.3 is 0 Å². The molecule has 0 aromatic heterocycles. The van der Waals surface area contributed by atoms with Crippen molar-refractivity contribution < 1.29 is 9.53 Å². The third-order valence-corrected chi connectivity index (χ3v) is 4.37. The molecule has 136 valence electrons. The van der Waals surface area contributed by atoms with Crippen LogP contribution in [0.2, 0.25) is 0 Å². The second-order valence-electron chi connectivity index (χ2n) is 6.47. The molecule has 0 saturated heterocycles. The highest BCUT2D eigenvalue weighted by atomic mass is 16.5. The number of carbonyl (C=O) groups excluding carboxylic acids is 1.